The summed E-state index contributed by atoms with van der Waals surface area (Å²) in [5.74, 6) is 1.80. The highest BCUT2D eigenvalue weighted by Gasteiger charge is 2.41. The summed E-state index contributed by atoms with van der Waals surface area (Å²) < 4.78 is 7.75. The van der Waals surface area contributed by atoms with Gasteiger partial charge in [-0.1, -0.05) is 0 Å². The minimum Gasteiger partial charge on any atom is -0.483 e. The topological polar surface area (TPSA) is 42.7 Å². The molecule has 2 aromatic heterocycles. The van der Waals surface area contributed by atoms with E-state index in [4.69, 9.17) is 4.74 Å². The van der Waals surface area contributed by atoms with Gasteiger partial charge in [0.15, 0.2) is 17.2 Å². The number of fused-ring (bicyclic) bond motifs is 3. The van der Waals surface area contributed by atoms with E-state index < -0.39 is 0 Å². The lowest BCUT2D eigenvalue weighted by Crippen LogP contribution is -2.55. The van der Waals surface area contributed by atoms with Crippen molar-refractivity contribution in [3.05, 3.63) is 18.0 Å². The van der Waals surface area contributed by atoms with Crippen LogP contribution in [0.2, 0.25) is 0 Å². The average molecular weight is 230 g/mol. The molecule has 1 aliphatic heterocycles. The molecule has 2 aliphatic rings. The van der Waals surface area contributed by atoms with Crippen molar-refractivity contribution >= 4 is 11.5 Å². The smallest absolute Gasteiger partial charge is 0.180 e. The molecule has 5 nitrogen and oxygen atoms in total. The Labute approximate surface area is 99.0 Å². The zero-order valence-corrected chi connectivity index (χ0v) is 9.92. The summed E-state index contributed by atoms with van der Waals surface area (Å²) in [7, 11) is 2.10. The fourth-order valence-electron chi connectivity index (χ4n) is 2.69. The Morgan fingerprint density at radius 3 is 3.06 bits per heavy atom. The summed E-state index contributed by atoms with van der Waals surface area (Å²) in [5, 5.41) is 4.27. The molecule has 0 saturated heterocycles. The molecular weight excluding hydrogens is 216 g/mol. The monoisotopic (exact) mass is 230 g/mol. The molecule has 0 amide bonds. The van der Waals surface area contributed by atoms with E-state index >= 15 is 0 Å². The molecule has 2 atom stereocenters. The summed E-state index contributed by atoms with van der Waals surface area (Å²) in [6, 6.07) is 0.501. The lowest BCUT2D eigenvalue weighted by Gasteiger charge is -2.46. The van der Waals surface area contributed by atoms with E-state index in [2.05, 4.69) is 22.0 Å². The van der Waals surface area contributed by atoms with Crippen molar-refractivity contribution in [2.45, 2.75) is 31.9 Å². The second-order valence-electron chi connectivity index (χ2n) is 4.94. The summed E-state index contributed by atoms with van der Waals surface area (Å²) in [5.41, 5.74) is 2.01. The normalized spacial score (nSPS) is 26.1. The van der Waals surface area contributed by atoms with Crippen LogP contribution in [0.4, 0.5) is 5.82 Å². The van der Waals surface area contributed by atoms with Gasteiger partial charge in [-0.15, -0.1) is 0 Å². The van der Waals surface area contributed by atoms with Crippen molar-refractivity contribution < 1.29 is 4.74 Å². The fraction of sp³-hybridized carbons (Fsp3) is 0.500. The second kappa shape index (κ2) is 2.91. The van der Waals surface area contributed by atoms with Crippen molar-refractivity contribution in [3.63, 3.8) is 0 Å². The Kier molecular flexibility index (Phi) is 1.59. The molecule has 3 heterocycles. The van der Waals surface area contributed by atoms with Crippen molar-refractivity contribution in [2.24, 2.45) is 0 Å². The maximum atomic E-state index is 5.95. The molecule has 4 rings (SSSR count). The van der Waals surface area contributed by atoms with E-state index in [9.17, 15) is 0 Å². The van der Waals surface area contributed by atoms with Gasteiger partial charge < -0.3 is 9.64 Å². The Morgan fingerprint density at radius 1 is 1.41 bits per heavy atom. The van der Waals surface area contributed by atoms with Gasteiger partial charge in [0.2, 0.25) is 0 Å². The first-order valence-electron chi connectivity index (χ1n) is 5.98. The Balaban J connectivity index is 1.95. The molecule has 1 saturated carbocycles. The number of aryl methyl sites for hydroxylation is 1. The minimum atomic E-state index is 0.336. The number of hydrogen-bond acceptors (Lipinski definition) is 4. The molecule has 0 unspecified atom stereocenters. The molecule has 2 aromatic rings. The van der Waals surface area contributed by atoms with E-state index in [1.807, 2.05) is 19.3 Å². The molecule has 5 heteroatoms. The molecule has 0 N–H and O–H groups in total. The predicted octanol–water partition coefficient (Wildman–Crippen LogP) is 1.40. The van der Waals surface area contributed by atoms with Gasteiger partial charge in [0.25, 0.3) is 0 Å². The zero-order chi connectivity index (χ0) is 11.6. The molecule has 0 radical (unpaired) electrons. The third-order valence-electron chi connectivity index (χ3n) is 3.90. The Bertz CT molecular complexity index is 606. The van der Waals surface area contributed by atoms with Crippen LogP contribution in [-0.4, -0.2) is 33.8 Å². The van der Waals surface area contributed by atoms with Crippen LogP contribution in [-0.2, 0) is 0 Å². The second-order valence-corrected chi connectivity index (χ2v) is 4.94. The average Bonchev–Trinajstić information content (AvgIpc) is 2.63. The zero-order valence-electron chi connectivity index (χ0n) is 9.92. The number of nitrogens with zero attached hydrogens (tertiary/aromatic N) is 4. The van der Waals surface area contributed by atoms with E-state index in [1.54, 1.807) is 4.52 Å². The first kappa shape index (κ1) is 9.27. The third-order valence-corrected chi connectivity index (χ3v) is 3.90. The third kappa shape index (κ3) is 1.09. The fourth-order valence-corrected chi connectivity index (χ4v) is 2.69. The highest BCUT2D eigenvalue weighted by molar-refractivity contribution is 5.61. The van der Waals surface area contributed by atoms with Gasteiger partial charge in [0.05, 0.1) is 18.4 Å². The van der Waals surface area contributed by atoms with Gasteiger partial charge >= 0.3 is 0 Å². The van der Waals surface area contributed by atoms with Gasteiger partial charge in [0.1, 0.15) is 6.10 Å². The van der Waals surface area contributed by atoms with E-state index in [0.29, 0.717) is 12.1 Å². The minimum absolute atomic E-state index is 0.336. The van der Waals surface area contributed by atoms with Crippen molar-refractivity contribution in [3.8, 4) is 5.75 Å². The Morgan fingerprint density at radius 2 is 2.29 bits per heavy atom. The number of aromatic nitrogens is 3. The first-order valence-corrected chi connectivity index (χ1v) is 5.98. The quantitative estimate of drug-likeness (QED) is 0.686. The molecular formula is C12H14N4O. The lowest BCUT2D eigenvalue weighted by atomic mass is 9.86. The first-order chi connectivity index (χ1) is 8.24. The van der Waals surface area contributed by atoms with Gasteiger partial charge in [0, 0.05) is 12.6 Å². The van der Waals surface area contributed by atoms with Gasteiger partial charge in [-0.25, -0.2) is 9.50 Å². The highest BCUT2D eigenvalue weighted by Crippen LogP contribution is 2.41. The molecule has 17 heavy (non-hydrogen) atoms. The van der Waals surface area contributed by atoms with Crippen LogP contribution < -0.4 is 9.64 Å². The summed E-state index contributed by atoms with van der Waals surface area (Å²) >= 11 is 0. The van der Waals surface area contributed by atoms with Crippen LogP contribution in [0.25, 0.3) is 5.65 Å². The largest absolute Gasteiger partial charge is 0.483 e. The van der Waals surface area contributed by atoms with E-state index in [0.717, 1.165) is 29.2 Å². The highest BCUT2D eigenvalue weighted by atomic mass is 16.5. The Hall–Kier alpha value is -1.78. The molecule has 1 aliphatic carbocycles. The molecule has 0 aromatic carbocycles. The maximum absolute atomic E-state index is 5.95. The maximum Gasteiger partial charge on any atom is 0.180 e. The molecule has 0 bridgehead atoms. The standard InChI is InChI=1S/C12H14N4O/c1-7-5-13-16-6-10-12(14-11(7)16)15(2)8-3-4-9(8)17-10/h5-6,8-9H,3-4H2,1-2H3/t8-,9+/m1/s1. The van der Waals surface area contributed by atoms with Crippen molar-refractivity contribution in [2.75, 3.05) is 11.9 Å². The number of ether oxygens (including phenoxy) is 1. The van der Waals surface area contributed by atoms with Gasteiger partial charge in [-0.3, -0.25) is 0 Å². The van der Waals surface area contributed by atoms with Crippen LogP contribution in [0.3, 0.4) is 0 Å². The van der Waals surface area contributed by atoms with Gasteiger partial charge in [-0.05, 0) is 19.8 Å². The molecule has 0 spiro atoms. The predicted molar refractivity (Wildman–Crippen MR) is 63.6 cm³/mol. The molecule has 1 fully saturated rings. The van der Waals surface area contributed by atoms with Crippen LogP contribution in [0.1, 0.15) is 18.4 Å². The number of anilines is 1. The van der Waals surface area contributed by atoms with Crippen LogP contribution in [0, 0.1) is 6.92 Å². The van der Waals surface area contributed by atoms with Crippen LogP contribution in [0.5, 0.6) is 5.75 Å². The van der Waals surface area contributed by atoms with Crippen LogP contribution >= 0.6 is 0 Å². The summed E-state index contributed by atoms with van der Waals surface area (Å²) in [4.78, 5) is 6.93. The number of hydrogen-bond donors (Lipinski definition) is 0. The summed E-state index contributed by atoms with van der Waals surface area (Å²) in [6.07, 6.45) is 6.46. The van der Waals surface area contributed by atoms with Crippen molar-refractivity contribution in [1.29, 1.82) is 0 Å². The summed E-state index contributed by atoms with van der Waals surface area (Å²) in [6.45, 7) is 2.03. The SMILES string of the molecule is Cc1cnn2cc3c(nc12)N(C)[C@@H]1CC[C@@H]1O3. The van der Waals surface area contributed by atoms with Crippen LogP contribution in [0.15, 0.2) is 12.4 Å². The number of likely N-dealkylation sites (N-methyl/N-ethyl adjacent to an activating group) is 1. The van der Waals surface area contributed by atoms with E-state index in [1.165, 1.54) is 6.42 Å². The lowest BCUT2D eigenvalue weighted by molar-refractivity contribution is 0.0758. The number of rotatable bonds is 0. The molecule has 88 valence electrons. The van der Waals surface area contributed by atoms with E-state index in [-0.39, 0.29) is 0 Å². The van der Waals surface area contributed by atoms with Crippen molar-refractivity contribution in [1.82, 2.24) is 14.6 Å². The van der Waals surface area contributed by atoms with Gasteiger partial charge in [-0.2, -0.15) is 5.10 Å².